The summed E-state index contributed by atoms with van der Waals surface area (Å²) in [4.78, 5) is 15.8. The summed E-state index contributed by atoms with van der Waals surface area (Å²) in [5.74, 6) is -0.0529. The Bertz CT molecular complexity index is 1260. The molecule has 0 bridgehead atoms. The summed E-state index contributed by atoms with van der Waals surface area (Å²) in [5, 5.41) is 14.8. The predicted octanol–water partition coefficient (Wildman–Crippen LogP) is 3.91. The summed E-state index contributed by atoms with van der Waals surface area (Å²) in [6, 6.07) is 22.4. The molecule has 3 N–H and O–H groups in total. The van der Waals surface area contributed by atoms with E-state index in [0.29, 0.717) is 5.56 Å². The first-order chi connectivity index (χ1) is 16.2. The van der Waals surface area contributed by atoms with E-state index >= 15 is 0 Å². The third-order valence-corrected chi connectivity index (χ3v) is 6.30. The lowest BCUT2D eigenvalue weighted by atomic mass is 10.0. The van der Waals surface area contributed by atoms with Gasteiger partial charge in [0.2, 0.25) is 0 Å². The Labute approximate surface area is 194 Å². The van der Waals surface area contributed by atoms with Crippen molar-refractivity contribution in [2.45, 2.75) is 13.0 Å². The minimum atomic E-state index is -0.0681. The second kappa shape index (κ2) is 9.57. The van der Waals surface area contributed by atoms with Gasteiger partial charge in [0.15, 0.2) is 0 Å². The molecule has 4 aromatic rings. The summed E-state index contributed by atoms with van der Waals surface area (Å²) in [7, 11) is 0. The first kappa shape index (κ1) is 21.4. The van der Waals surface area contributed by atoms with Gasteiger partial charge in [0.25, 0.3) is 5.91 Å². The number of nitrogens with one attached hydrogen (secondary N) is 3. The van der Waals surface area contributed by atoms with Gasteiger partial charge in [-0.1, -0.05) is 48.0 Å². The van der Waals surface area contributed by atoms with Crippen LogP contribution < -0.4 is 10.6 Å². The quantitative estimate of drug-likeness (QED) is 0.426. The zero-order valence-corrected chi connectivity index (χ0v) is 18.8. The molecule has 2 heterocycles. The van der Waals surface area contributed by atoms with Gasteiger partial charge in [-0.05, 0) is 47.9 Å². The summed E-state index contributed by atoms with van der Waals surface area (Å²) in [6.07, 6.45) is 1.82. The van der Waals surface area contributed by atoms with E-state index in [1.165, 1.54) is 5.56 Å². The standard InChI is InChI=1S/C27H29N5O/c1-19-4-2-6-22(14-19)26(18-32-12-10-28-11-13-32)30-27(33)23-7-3-5-20(15-23)21-8-9-25-24(16-21)17-29-31-25/h2-9,14-17,26,28H,10-13,18H2,1H3,(H,29,31)(H,30,33). The minimum Gasteiger partial charge on any atom is -0.344 e. The molecule has 1 saturated heterocycles. The second-order valence-electron chi connectivity index (χ2n) is 8.74. The number of carbonyl (C=O) groups is 1. The molecule has 1 unspecified atom stereocenters. The van der Waals surface area contributed by atoms with Crippen molar-refractivity contribution in [2.75, 3.05) is 32.7 Å². The monoisotopic (exact) mass is 439 g/mol. The molecular weight excluding hydrogens is 410 g/mol. The van der Waals surface area contributed by atoms with Crippen LogP contribution in [0, 0.1) is 6.92 Å². The van der Waals surface area contributed by atoms with E-state index < -0.39 is 0 Å². The van der Waals surface area contributed by atoms with Crippen LogP contribution in [0.25, 0.3) is 22.0 Å². The summed E-state index contributed by atoms with van der Waals surface area (Å²) < 4.78 is 0. The third kappa shape index (κ3) is 4.97. The van der Waals surface area contributed by atoms with Crippen molar-refractivity contribution in [3.05, 3.63) is 89.6 Å². The molecule has 0 radical (unpaired) electrons. The maximum Gasteiger partial charge on any atom is 0.251 e. The van der Waals surface area contributed by atoms with Crippen LogP contribution in [-0.2, 0) is 0 Å². The lowest BCUT2D eigenvalue weighted by Crippen LogP contribution is -2.47. The van der Waals surface area contributed by atoms with Gasteiger partial charge in [-0.25, -0.2) is 0 Å². The maximum atomic E-state index is 13.4. The average molecular weight is 440 g/mol. The van der Waals surface area contributed by atoms with Gasteiger partial charge in [0.1, 0.15) is 0 Å². The zero-order valence-electron chi connectivity index (χ0n) is 18.8. The number of piperazine rings is 1. The van der Waals surface area contributed by atoms with Crippen molar-refractivity contribution < 1.29 is 4.79 Å². The first-order valence-electron chi connectivity index (χ1n) is 11.5. The van der Waals surface area contributed by atoms with Gasteiger partial charge in [0, 0.05) is 43.7 Å². The molecule has 168 valence electrons. The largest absolute Gasteiger partial charge is 0.344 e. The number of fused-ring (bicyclic) bond motifs is 1. The number of aromatic nitrogens is 2. The average Bonchev–Trinajstić information content (AvgIpc) is 3.32. The summed E-state index contributed by atoms with van der Waals surface area (Å²) >= 11 is 0. The van der Waals surface area contributed by atoms with Crippen molar-refractivity contribution in [1.82, 2.24) is 25.7 Å². The summed E-state index contributed by atoms with van der Waals surface area (Å²) in [5.41, 5.74) is 6.08. The van der Waals surface area contributed by atoms with Crippen LogP contribution in [-0.4, -0.2) is 53.7 Å². The fourth-order valence-electron chi connectivity index (χ4n) is 4.48. The van der Waals surface area contributed by atoms with Crippen LogP contribution in [0.2, 0.25) is 0 Å². The Morgan fingerprint density at radius 2 is 1.85 bits per heavy atom. The Kier molecular flexibility index (Phi) is 6.19. The molecule has 1 aliphatic rings. The van der Waals surface area contributed by atoms with Gasteiger partial charge in [-0.2, -0.15) is 5.10 Å². The highest BCUT2D eigenvalue weighted by atomic mass is 16.1. The van der Waals surface area contributed by atoms with Crippen LogP contribution in [0.3, 0.4) is 0 Å². The zero-order chi connectivity index (χ0) is 22.6. The number of amides is 1. The number of nitrogens with zero attached hydrogens (tertiary/aromatic N) is 2. The number of aromatic amines is 1. The van der Waals surface area contributed by atoms with Gasteiger partial charge >= 0.3 is 0 Å². The Hall–Kier alpha value is -3.48. The molecule has 1 amide bonds. The van der Waals surface area contributed by atoms with Crippen molar-refractivity contribution in [3.63, 3.8) is 0 Å². The minimum absolute atomic E-state index is 0.0529. The molecule has 0 spiro atoms. The highest BCUT2D eigenvalue weighted by Gasteiger charge is 2.21. The van der Waals surface area contributed by atoms with E-state index in [1.807, 2.05) is 36.5 Å². The van der Waals surface area contributed by atoms with E-state index in [9.17, 15) is 4.79 Å². The molecule has 1 aliphatic heterocycles. The van der Waals surface area contributed by atoms with Crippen molar-refractivity contribution in [3.8, 4) is 11.1 Å². The molecule has 6 heteroatoms. The van der Waals surface area contributed by atoms with Gasteiger partial charge < -0.3 is 10.6 Å². The third-order valence-electron chi connectivity index (χ3n) is 6.30. The number of aryl methyl sites for hydroxylation is 1. The SMILES string of the molecule is Cc1cccc(C(CN2CCNCC2)NC(=O)c2cccc(-c3ccc4[nH]ncc4c3)c2)c1. The molecular formula is C27H29N5O. The number of hydrogen-bond donors (Lipinski definition) is 3. The van der Waals surface area contributed by atoms with Crippen LogP contribution in [0.4, 0.5) is 0 Å². The lowest BCUT2D eigenvalue weighted by molar-refractivity contribution is 0.0921. The van der Waals surface area contributed by atoms with Crippen molar-refractivity contribution >= 4 is 16.8 Å². The molecule has 1 fully saturated rings. The van der Waals surface area contributed by atoms with Crippen LogP contribution in [0.15, 0.2) is 72.9 Å². The molecule has 6 nitrogen and oxygen atoms in total. The Balaban J connectivity index is 1.38. The fraction of sp³-hybridized carbons (Fsp3) is 0.259. The van der Waals surface area contributed by atoms with Crippen LogP contribution in [0.1, 0.15) is 27.5 Å². The summed E-state index contributed by atoms with van der Waals surface area (Å²) in [6.45, 7) is 6.84. The molecule has 5 rings (SSSR count). The first-order valence-corrected chi connectivity index (χ1v) is 11.5. The van der Waals surface area contributed by atoms with E-state index in [0.717, 1.165) is 60.3 Å². The molecule has 0 aliphatic carbocycles. The van der Waals surface area contributed by atoms with E-state index in [4.69, 9.17) is 0 Å². The number of H-pyrrole nitrogens is 1. The molecule has 0 saturated carbocycles. The second-order valence-corrected chi connectivity index (χ2v) is 8.74. The smallest absolute Gasteiger partial charge is 0.251 e. The highest BCUT2D eigenvalue weighted by molar-refractivity contribution is 5.96. The number of rotatable bonds is 6. The highest BCUT2D eigenvalue weighted by Crippen LogP contribution is 2.25. The van der Waals surface area contributed by atoms with E-state index in [1.54, 1.807) is 0 Å². The normalized spacial score (nSPS) is 15.4. The van der Waals surface area contributed by atoms with Gasteiger partial charge in [-0.15, -0.1) is 0 Å². The topological polar surface area (TPSA) is 73.0 Å². The van der Waals surface area contributed by atoms with Crippen molar-refractivity contribution in [2.24, 2.45) is 0 Å². The predicted molar refractivity (Wildman–Crippen MR) is 132 cm³/mol. The molecule has 1 aromatic heterocycles. The molecule has 3 aromatic carbocycles. The van der Waals surface area contributed by atoms with E-state index in [-0.39, 0.29) is 11.9 Å². The van der Waals surface area contributed by atoms with E-state index in [2.05, 4.69) is 69.1 Å². The number of benzene rings is 3. The molecule has 1 atom stereocenters. The Morgan fingerprint density at radius 1 is 1.03 bits per heavy atom. The van der Waals surface area contributed by atoms with Gasteiger partial charge in [0.05, 0.1) is 17.8 Å². The Morgan fingerprint density at radius 3 is 2.70 bits per heavy atom. The fourth-order valence-corrected chi connectivity index (χ4v) is 4.48. The van der Waals surface area contributed by atoms with Gasteiger partial charge in [-0.3, -0.25) is 14.8 Å². The van der Waals surface area contributed by atoms with Crippen LogP contribution in [0.5, 0.6) is 0 Å². The number of hydrogen-bond acceptors (Lipinski definition) is 4. The lowest BCUT2D eigenvalue weighted by Gasteiger charge is -2.31. The van der Waals surface area contributed by atoms with Crippen LogP contribution >= 0.6 is 0 Å². The molecule has 33 heavy (non-hydrogen) atoms. The van der Waals surface area contributed by atoms with Crippen molar-refractivity contribution in [1.29, 1.82) is 0 Å². The maximum absolute atomic E-state index is 13.4. The number of carbonyl (C=O) groups excluding carboxylic acids is 1.